The fourth-order valence-electron chi connectivity index (χ4n) is 3.04. The Morgan fingerprint density at radius 3 is 2.80 bits per heavy atom. The van der Waals surface area contributed by atoms with Crippen molar-refractivity contribution in [2.24, 2.45) is 4.99 Å². The molecule has 1 saturated heterocycles. The molecule has 2 N–H and O–H groups in total. The van der Waals surface area contributed by atoms with Crippen molar-refractivity contribution < 1.29 is 4.79 Å². The van der Waals surface area contributed by atoms with Crippen molar-refractivity contribution in [3.8, 4) is 0 Å². The zero-order valence-corrected chi connectivity index (χ0v) is 14.7. The van der Waals surface area contributed by atoms with Gasteiger partial charge in [-0.1, -0.05) is 24.3 Å². The minimum atomic E-state index is 0.131. The Hall–Kier alpha value is -2.63. The van der Waals surface area contributed by atoms with Gasteiger partial charge in [0.15, 0.2) is 5.96 Å². The van der Waals surface area contributed by atoms with E-state index >= 15 is 0 Å². The molecule has 3 rings (SSSR count). The largest absolute Gasteiger partial charge is 0.357 e. The van der Waals surface area contributed by atoms with Crippen LogP contribution in [0.3, 0.4) is 0 Å². The van der Waals surface area contributed by atoms with Gasteiger partial charge in [0.2, 0.25) is 5.91 Å². The fourth-order valence-corrected chi connectivity index (χ4v) is 3.04. The smallest absolute Gasteiger partial charge is 0.241 e. The van der Waals surface area contributed by atoms with Crippen molar-refractivity contribution in [1.29, 1.82) is 0 Å². The molecule has 0 atom stereocenters. The van der Waals surface area contributed by atoms with Gasteiger partial charge in [0.25, 0.3) is 0 Å². The average molecular weight is 339 g/mol. The first kappa shape index (κ1) is 17.2. The molecule has 1 aliphatic heterocycles. The van der Waals surface area contributed by atoms with Crippen LogP contribution in [0.2, 0.25) is 0 Å². The van der Waals surface area contributed by atoms with E-state index in [2.05, 4.69) is 32.7 Å². The summed E-state index contributed by atoms with van der Waals surface area (Å²) in [6.45, 7) is 5.23. The highest BCUT2D eigenvalue weighted by atomic mass is 16.2. The molecule has 1 aromatic heterocycles. The summed E-state index contributed by atoms with van der Waals surface area (Å²) in [7, 11) is 0. The zero-order valence-electron chi connectivity index (χ0n) is 14.7. The number of guanidine groups is 1. The number of aliphatic imine (C=N–C) groups is 1. The lowest BCUT2D eigenvalue weighted by atomic mass is 10.1. The van der Waals surface area contributed by atoms with Crippen LogP contribution >= 0.6 is 0 Å². The third kappa shape index (κ3) is 4.47. The Labute approximate surface area is 148 Å². The second-order valence-corrected chi connectivity index (χ2v) is 6.12. The molecular formula is C19H25N5O. The van der Waals surface area contributed by atoms with Crippen LogP contribution < -0.4 is 10.6 Å². The standard InChI is InChI=1S/C19H25N5O/c1-2-20-19(23-14-18(25)24-11-5-6-12-24)22-13-17-16-8-4-3-7-15(16)9-10-21-17/h3-4,7-10H,2,5-6,11-14H2,1H3,(H2,20,22,23). The molecule has 0 aliphatic carbocycles. The highest BCUT2D eigenvalue weighted by Gasteiger charge is 2.17. The maximum absolute atomic E-state index is 12.2. The zero-order chi connectivity index (χ0) is 17.5. The van der Waals surface area contributed by atoms with Crippen molar-refractivity contribution in [1.82, 2.24) is 20.5 Å². The molecule has 0 saturated carbocycles. The molecule has 1 aromatic carbocycles. The van der Waals surface area contributed by atoms with Crippen LogP contribution in [0.4, 0.5) is 0 Å². The number of aromatic nitrogens is 1. The third-order valence-corrected chi connectivity index (χ3v) is 4.35. The number of amides is 1. The highest BCUT2D eigenvalue weighted by molar-refractivity contribution is 5.87. The van der Waals surface area contributed by atoms with Crippen LogP contribution in [0.25, 0.3) is 10.8 Å². The molecule has 1 amide bonds. The molecule has 0 spiro atoms. The first-order valence-electron chi connectivity index (χ1n) is 8.90. The van der Waals surface area contributed by atoms with E-state index in [9.17, 15) is 4.79 Å². The molecule has 0 radical (unpaired) electrons. The first-order valence-corrected chi connectivity index (χ1v) is 8.90. The van der Waals surface area contributed by atoms with E-state index in [-0.39, 0.29) is 12.5 Å². The van der Waals surface area contributed by atoms with E-state index in [4.69, 9.17) is 0 Å². The molecule has 1 fully saturated rings. The summed E-state index contributed by atoms with van der Waals surface area (Å²) in [5.74, 6) is 0.774. The number of nitrogens with one attached hydrogen (secondary N) is 2. The summed E-state index contributed by atoms with van der Waals surface area (Å²) in [5.41, 5.74) is 0.932. The Balaban J connectivity index is 1.66. The quantitative estimate of drug-likeness (QED) is 0.645. The van der Waals surface area contributed by atoms with Crippen LogP contribution in [0.15, 0.2) is 41.5 Å². The Bertz CT molecular complexity index is 747. The van der Waals surface area contributed by atoms with Gasteiger partial charge in [0.1, 0.15) is 0 Å². The van der Waals surface area contributed by atoms with Gasteiger partial charge in [0.05, 0.1) is 18.8 Å². The van der Waals surface area contributed by atoms with E-state index in [1.807, 2.05) is 36.2 Å². The number of pyridine rings is 1. The van der Waals surface area contributed by atoms with Gasteiger partial charge in [-0.3, -0.25) is 9.78 Å². The van der Waals surface area contributed by atoms with Crippen molar-refractivity contribution >= 4 is 22.6 Å². The fraction of sp³-hybridized carbons (Fsp3) is 0.421. The molecule has 132 valence electrons. The van der Waals surface area contributed by atoms with E-state index in [0.29, 0.717) is 12.5 Å². The van der Waals surface area contributed by atoms with Gasteiger partial charge >= 0.3 is 0 Å². The van der Waals surface area contributed by atoms with Crippen LogP contribution in [-0.4, -0.2) is 47.9 Å². The van der Waals surface area contributed by atoms with Crippen LogP contribution in [0.5, 0.6) is 0 Å². The maximum atomic E-state index is 12.2. The molecule has 6 heteroatoms. The van der Waals surface area contributed by atoms with E-state index in [1.54, 1.807) is 0 Å². The van der Waals surface area contributed by atoms with Gasteiger partial charge in [-0.2, -0.15) is 0 Å². The molecule has 1 aliphatic rings. The lowest BCUT2D eigenvalue weighted by molar-refractivity contribution is -0.128. The Morgan fingerprint density at radius 1 is 1.20 bits per heavy atom. The summed E-state index contributed by atoms with van der Waals surface area (Å²) >= 11 is 0. The number of fused-ring (bicyclic) bond motifs is 1. The molecular weight excluding hydrogens is 314 g/mol. The number of carbonyl (C=O) groups excluding carboxylic acids is 1. The summed E-state index contributed by atoms with van der Waals surface area (Å²) < 4.78 is 0. The van der Waals surface area contributed by atoms with Crippen LogP contribution in [0, 0.1) is 0 Å². The first-order chi connectivity index (χ1) is 12.3. The number of benzene rings is 1. The topological polar surface area (TPSA) is 69.6 Å². The van der Waals surface area contributed by atoms with E-state index in [1.165, 1.54) is 0 Å². The van der Waals surface area contributed by atoms with Crippen molar-refractivity contribution in [2.75, 3.05) is 26.2 Å². The predicted octanol–water partition coefficient (Wildman–Crippen LogP) is 1.91. The summed E-state index contributed by atoms with van der Waals surface area (Å²) in [6, 6.07) is 10.2. The second-order valence-electron chi connectivity index (χ2n) is 6.12. The summed E-state index contributed by atoms with van der Waals surface area (Å²) in [5, 5.41) is 8.59. The number of rotatable bonds is 5. The van der Waals surface area contributed by atoms with E-state index in [0.717, 1.165) is 48.9 Å². The van der Waals surface area contributed by atoms with Gasteiger partial charge in [0, 0.05) is 31.2 Å². The van der Waals surface area contributed by atoms with Crippen LogP contribution in [-0.2, 0) is 11.3 Å². The Kier molecular flexibility index (Phi) is 5.82. The van der Waals surface area contributed by atoms with Gasteiger partial charge in [-0.05, 0) is 31.2 Å². The minimum absolute atomic E-state index is 0.131. The van der Waals surface area contributed by atoms with Crippen molar-refractivity contribution in [3.63, 3.8) is 0 Å². The van der Waals surface area contributed by atoms with Crippen molar-refractivity contribution in [2.45, 2.75) is 26.3 Å². The lowest BCUT2D eigenvalue weighted by Gasteiger charge is -2.17. The number of nitrogens with zero attached hydrogens (tertiary/aromatic N) is 3. The number of hydrogen-bond donors (Lipinski definition) is 2. The van der Waals surface area contributed by atoms with Crippen molar-refractivity contribution in [3.05, 3.63) is 42.2 Å². The van der Waals surface area contributed by atoms with Gasteiger partial charge in [-0.25, -0.2) is 4.99 Å². The molecule has 6 nitrogen and oxygen atoms in total. The predicted molar refractivity (Wildman–Crippen MR) is 100 cm³/mol. The summed E-state index contributed by atoms with van der Waals surface area (Å²) in [4.78, 5) is 23.1. The molecule has 0 bridgehead atoms. The van der Waals surface area contributed by atoms with Gasteiger partial charge in [-0.15, -0.1) is 0 Å². The number of hydrogen-bond acceptors (Lipinski definition) is 3. The molecule has 2 heterocycles. The average Bonchev–Trinajstić information content (AvgIpc) is 3.18. The van der Waals surface area contributed by atoms with E-state index < -0.39 is 0 Å². The minimum Gasteiger partial charge on any atom is -0.357 e. The number of likely N-dealkylation sites (tertiary alicyclic amines) is 1. The second kappa shape index (κ2) is 8.46. The molecule has 25 heavy (non-hydrogen) atoms. The number of carbonyl (C=O) groups is 1. The summed E-state index contributed by atoms with van der Waals surface area (Å²) in [6.07, 6.45) is 4.02. The monoisotopic (exact) mass is 339 g/mol. The Morgan fingerprint density at radius 2 is 2.00 bits per heavy atom. The third-order valence-electron chi connectivity index (χ3n) is 4.35. The van der Waals surface area contributed by atoms with Gasteiger partial charge < -0.3 is 15.5 Å². The molecule has 0 unspecified atom stereocenters. The van der Waals surface area contributed by atoms with Crippen LogP contribution in [0.1, 0.15) is 25.5 Å². The lowest BCUT2D eigenvalue weighted by Crippen LogP contribution is -2.44. The SMILES string of the molecule is CCNC(=NCc1nccc2ccccc12)NCC(=O)N1CCCC1. The normalized spacial score (nSPS) is 14.8. The maximum Gasteiger partial charge on any atom is 0.241 e. The molecule has 2 aromatic rings. The highest BCUT2D eigenvalue weighted by Crippen LogP contribution is 2.16.